The Morgan fingerprint density at radius 2 is 1.94 bits per heavy atom. The van der Waals surface area contributed by atoms with Gasteiger partial charge in [-0.2, -0.15) is 5.10 Å². The largest absolute Gasteiger partial charge is 0.388 e. The molecule has 1 saturated heterocycles. The molecule has 0 saturated carbocycles. The van der Waals surface area contributed by atoms with Gasteiger partial charge in [-0.05, 0) is 62.5 Å². The second kappa shape index (κ2) is 10.6. The summed E-state index contributed by atoms with van der Waals surface area (Å²) in [6.07, 6.45) is 8.18. The number of benzene rings is 1. The molecule has 3 aromatic heterocycles. The average molecular weight is 515 g/mol. The number of hydrogen-bond acceptors (Lipinski definition) is 7. The molecule has 4 heterocycles. The number of nitrogens with zero attached hydrogens (tertiary/aromatic N) is 5. The Bertz CT molecular complexity index is 1330. The lowest BCUT2D eigenvalue weighted by molar-refractivity contribution is 0.277. The van der Waals surface area contributed by atoms with Crippen LogP contribution in [0.4, 0.5) is 15.9 Å². The van der Waals surface area contributed by atoms with Crippen molar-refractivity contribution in [2.24, 2.45) is 0 Å². The molecule has 1 fully saturated rings. The fourth-order valence-electron chi connectivity index (χ4n) is 4.70. The summed E-state index contributed by atoms with van der Waals surface area (Å²) in [5, 5.41) is 9.31. The second-order valence-electron chi connectivity index (χ2n) is 8.78. The molecule has 1 aromatic carbocycles. The van der Waals surface area contributed by atoms with E-state index >= 15 is 0 Å². The van der Waals surface area contributed by atoms with Crippen molar-refractivity contribution in [1.82, 2.24) is 24.6 Å². The summed E-state index contributed by atoms with van der Waals surface area (Å²) in [6, 6.07) is 4.59. The molecule has 0 spiro atoms. The summed E-state index contributed by atoms with van der Waals surface area (Å²) in [7, 11) is 3.25. The van der Waals surface area contributed by atoms with Gasteiger partial charge >= 0.3 is 0 Å². The molecule has 0 amide bonds. The topological polar surface area (TPSA) is 68.1 Å². The minimum atomic E-state index is -0.438. The highest BCUT2D eigenvalue weighted by molar-refractivity contribution is 7.22. The first-order valence-corrected chi connectivity index (χ1v) is 12.9. The fraction of sp³-hybridized carbons (Fsp3) is 0.400. The number of hydrogen-bond donors (Lipinski definition) is 1. The lowest BCUT2D eigenvalue weighted by atomic mass is 9.95. The molecule has 2 aliphatic rings. The lowest BCUT2D eigenvalue weighted by Crippen LogP contribution is -2.24. The first kappa shape index (κ1) is 24.1. The maximum atomic E-state index is 13.6. The third-order valence-electron chi connectivity index (χ3n) is 6.31. The minimum Gasteiger partial charge on any atom is -0.388 e. The van der Waals surface area contributed by atoms with Gasteiger partial charge in [-0.1, -0.05) is 11.6 Å². The molecule has 4 aromatic rings. The van der Waals surface area contributed by atoms with E-state index in [-0.39, 0.29) is 5.02 Å². The molecule has 35 heavy (non-hydrogen) atoms. The third kappa shape index (κ3) is 5.04. The zero-order valence-electron chi connectivity index (χ0n) is 19.9. The summed E-state index contributed by atoms with van der Waals surface area (Å²) in [5.41, 5.74) is 4.33. The van der Waals surface area contributed by atoms with Crippen LogP contribution < -0.4 is 5.32 Å². The van der Waals surface area contributed by atoms with Crippen molar-refractivity contribution in [1.29, 1.82) is 0 Å². The highest BCUT2D eigenvalue weighted by Gasteiger charge is 2.26. The molecule has 0 bridgehead atoms. The molecule has 7 nitrogen and oxygen atoms in total. The van der Waals surface area contributed by atoms with E-state index in [1.807, 2.05) is 0 Å². The number of nitrogens with one attached hydrogen (secondary N) is 1. The molecule has 1 aliphatic heterocycles. The van der Waals surface area contributed by atoms with Gasteiger partial charge in [-0.25, -0.2) is 14.4 Å². The van der Waals surface area contributed by atoms with Crippen LogP contribution in [0.5, 0.6) is 0 Å². The summed E-state index contributed by atoms with van der Waals surface area (Å²) < 4.78 is 19.9. The lowest BCUT2D eigenvalue weighted by Gasteiger charge is -2.13. The van der Waals surface area contributed by atoms with Crippen LogP contribution in [0.2, 0.25) is 5.02 Å². The van der Waals surface area contributed by atoms with Gasteiger partial charge in [-0.15, -0.1) is 11.3 Å². The predicted octanol–water partition coefficient (Wildman–Crippen LogP) is 5.55. The summed E-state index contributed by atoms with van der Waals surface area (Å²) in [5.74, 6) is 0.285. The highest BCUT2D eigenvalue weighted by Crippen LogP contribution is 2.45. The quantitative estimate of drug-likeness (QED) is 0.377. The van der Waals surface area contributed by atoms with E-state index in [1.54, 1.807) is 44.0 Å². The molecule has 0 atom stereocenters. The molecule has 10 heteroatoms. The Hall–Kier alpha value is -2.59. The van der Waals surface area contributed by atoms with Gasteiger partial charge in [-0.3, -0.25) is 4.68 Å². The zero-order chi connectivity index (χ0) is 24.4. The van der Waals surface area contributed by atoms with E-state index in [1.165, 1.54) is 53.7 Å². The number of thiophene rings is 1. The Kier molecular flexibility index (Phi) is 7.29. The van der Waals surface area contributed by atoms with E-state index in [4.69, 9.17) is 16.7 Å². The predicted molar refractivity (Wildman–Crippen MR) is 139 cm³/mol. The maximum absolute atomic E-state index is 13.6. The van der Waals surface area contributed by atoms with Crippen molar-refractivity contribution in [3.8, 4) is 10.4 Å². The number of methoxy groups -OCH3 is 1. The van der Waals surface area contributed by atoms with Crippen molar-refractivity contribution < 1.29 is 9.13 Å². The van der Waals surface area contributed by atoms with Crippen molar-refractivity contribution in [3.05, 3.63) is 52.8 Å². The number of rotatable bonds is 5. The SMILES string of the molecule is COC.Fc1ccc(Nc2ncnc3sc4c(c23)CCc2nn(CCN3CCCC3)cc2-4)cc1Cl. The van der Waals surface area contributed by atoms with E-state index < -0.39 is 5.82 Å². The number of likely N-dealkylation sites (tertiary alicyclic amines) is 1. The van der Waals surface area contributed by atoms with E-state index in [0.29, 0.717) is 5.69 Å². The highest BCUT2D eigenvalue weighted by atomic mass is 35.5. The van der Waals surface area contributed by atoms with Gasteiger partial charge in [0.25, 0.3) is 0 Å². The summed E-state index contributed by atoms with van der Waals surface area (Å²) in [6.45, 7) is 4.38. The van der Waals surface area contributed by atoms with E-state index in [0.717, 1.165) is 42.0 Å². The van der Waals surface area contributed by atoms with Crippen LogP contribution in [0.25, 0.3) is 20.7 Å². The average Bonchev–Trinajstić information content (AvgIpc) is 3.58. The molecule has 1 aliphatic carbocycles. The minimum absolute atomic E-state index is 0.0821. The number of fused-ring (bicyclic) bond motifs is 5. The van der Waals surface area contributed by atoms with Gasteiger partial charge in [0.2, 0.25) is 0 Å². The van der Waals surface area contributed by atoms with E-state index in [9.17, 15) is 4.39 Å². The van der Waals surface area contributed by atoms with Crippen molar-refractivity contribution in [2.45, 2.75) is 32.2 Å². The first-order valence-electron chi connectivity index (χ1n) is 11.7. The smallest absolute Gasteiger partial charge is 0.142 e. The molecule has 6 rings (SSSR count). The Morgan fingerprint density at radius 1 is 1.14 bits per heavy atom. The van der Waals surface area contributed by atoms with Crippen molar-refractivity contribution >= 4 is 44.7 Å². The first-order chi connectivity index (χ1) is 17.1. The summed E-state index contributed by atoms with van der Waals surface area (Å²) >= 11 is 7.65. The molecule has 0 radical (unpaired) electrons. The van der Waals surface area contributed by atoms with Crippen LogP contribution in [0.15, 0.2) is 30.7 Å². The number of aromatic nitrogens is 4. The van der Waals surface area contributed by atoms with Crippen LogP contribution in [0.3, 0.4) is 0 Å². The maximum Gasteiger partial charge on any atom is 0.142 e. The fourth-order valence-corrected chi connectivity index (χ4v) is 6.10. The standard InChI is InChI=1S/C23H22ClFN6S.C2H6O/c24-17-11-14(3-5-18(17)25)28-22-20-15-4-6-19-16(21(15)32-23(20)27-13-26-22)12-31(29-19)10-9-30-7-1-2-8-30;1-3-2/h3,5,11-13H,1-2,4,6-10H2,(H,26,27,28);1-2H3. The third-order valence-corrected chi connectivity index (χ3v) is 7.77. The van der Waals surface area contributed by atoms with Gasteiger partial charge in [0.1, 0.15) is 22.8 Å². The van der Waals surface area contributed by atoms with Crippen LogP contribution in [-0.2, 0) is 24.1 Å². The molecular weight excluding hydrogens is 487 g/mol. The number of halogens is 2. The normalized spacial score (nSPS) is 15.0. The number of ether oxygens (including phenoxy) is 1. The zero-order valence-corrected chi connectivity index (χ0v) is 21.4. The Balaban J connectivity index is 0.000000806. The monoisotopic (exact) mass is 514 g/mol. The Labute approximate surface area is 212 Å². The van der Waals surface area contributed by atoms with Gasteiger partial charge < -0.3 is 15.0 Å². The van der Waals surface area contributed by atoms with Crippen LogP contribution in [0.1, 0.15) is 24.1 Å². The van der Waals surface area contributed by atoms with Crippen molar-refractivity contribution in [2.75, 3.05) is 39.2 Å². The molecule has 184 valence electrons. The molecular formula is C25H28ClFN6OS. The number of aryl methyl sites for hydroxylation is 2. The second-order valence-corrected chi connectivity index (χ2v) is 10.2. The van der Waals surface area contributed by atoms with Crippen molar-refractivity contribution in [3.63, 3.8) is 0 Å². The van der Waals surface area contributed by atoms with Gasteiger partial charge in [0, 0.05) is 43.1 Å². The van der Waals surface area contributed by atoms with Gasteiger partial charge in [0.05, 0.1) is 22.6 Å². The van der Waals surface area contributed by atoms with Crippen LogP contribution in [0, 0.1) is 5.82 Å². The summed E-state index contributed by atoms with van der Waals surface area (Å²) in [4.78, 5) is 13.7. The number of anilines is 2. The van der Waals surface area contributed by atoms with E-state index in [2.05, 4.69) is 35.8 Å². The molecule has 1 N–H and O–H groups in total. The van der Waals surface area contributed by atoms with Crippen LogP contribution >= 0.6 is 22.9 Å². The molecule has 0 unspecified atom stereocenters. The van der Waals surface area contributed by atoms with Crippen LogP contribution in [-0.4, -0.2) is 58.5 Å². The Morgan fingerprint density at radius 3 is 2.71 bits per heavy atom. The van der Waals surface area contributed by atoms with Gasteiger partial charge in [0.15, 0.2) is 0 Å².